The fourth-order valence-corrected chi connectivity index (χ4v) is 2.83. The van der Waals surface area contributed by atoms with Gasteiger partial charge in [0, 0.05) is 23.2 Å². The standard InChI is InChI=1S/C21H21N3O5/c1-21(2,3)13-19(25)29-23-17-10-9-16(24(27)28)11-14(17)12-18(23)20(26)22-15-7-5-4-6-8-15/h4-12H,13H2,1-3H3,(H,22,26). The second kappa shape index (κ2) is 7.75. The summed E-state index contributed by atoms with van der Waals surface area (Å²) in [6.07, 6.45) is 0.138. The Morgan fingerprint density at radius 2 is 1.79 bits per heavy atom. The van der Waals surface area contributed by atoms with Crippen molar-refractivity contribution in [2.45, 2.75) is 27.2 Å². The molecule has 0 aliphatic carbocycles. The van der Waals surface area contributed by atoms with Gasteiger partial charge in [-0.15, -0.1) is 0 Å². The van der Waals surface area contributed by atoms with E-state index in [2.05, 4.69) is 5.32 Å². The van der Waals surface area contributed by atoms with Gasteiger partial charge in [-0.3, -0.25) is 14.9 Å². The van der Waals surface area contributed by atoms with Crippen LogP contribution in [-0.4, -0.2) is 21.5 Å². The molecule has 0 spiro atoms. The number of fused-ring (bicyclic) bond motifs is 1. The molecule has 0 aliphatic heterocycles. The highest BCUT2D eigenvalue weighted by atomic mass is 16.7. The molecular formula is C21H21N3O5. The van der Waals surface area contributed by atoms with Crippen LogP contribution in [0.25, 0.3) is 10.9 Å². The molecule has 0 saturated heterocycles. The van der Waals surface area contributed by atoms with Crippen LogP contribution in [0.1, 0.15) is 37.7 Å². The van der Waals surface area contributed by atoms with Crippen molar-refractivity contribution in [2.75, 3.05) is 5.32 Å². The number of non-ortho nitro benzene ring substituents is 1. The first-order valence-corrected chi connectivity index (χ1v) is 9.01. The summed E-state index contributed by atoms with van der Waals surface area (Å²) in [6.45, 7) is 5.69. The Morgan fingerprint density at radius 3 is 2.41 bits per heavy atom. The first-order chi connectivity index (χ1) is 13.6. The largest absolute Gasteiger partial charge is 0.336 e. The van der Waals surface area contributed by atoms with E-state index in [1.807, 2.05) is 26.8 Å². The number of anilines is 1. The Labute approximate surface area is 167 Å². The number of amides is 1. The van der Waals surface area contributed by atoms with Gasteiger partial charge in [-0.05, 0) is 29.7 Å². The molecule has 0 saturated carbocycles. The summed E-state index contributed by atoms with van der Waals surface area (Å²) in [5.74, 6) is -1.01. The SMILES string of the molecule is CC(C)(C)CC(=O)On1c(C(=O)Nc2ccccc2)cc2cc([N+](=O)[O-])ccc21. The number of nitrogens with one attached hydrogen (secondary N) is 1. The molecule has 8 heteroatoms. The predicted molar refractivity (Wildman–Crippen MR) is 109 cm³/mol. The third-order valence-corrected chi connectivity index (χ3v) is 4.08. The molecule has 0 unspecified atom stereocenters. The number of hydrogen-bond acceptors (Lipinski definition) is 5. The van der Waals surface area contributed by atoms with Gasteiger partial charge in [-0.1, -0.05) is 39.0 Å². The average Bonchev–Trinajstić information content (AvgIpc) is 2.98. The summed E-state index contributed by atoms with van der Waals surface area (Å²) in [7, 11) is 0. The first-order valence-electron chi connectivity index (χ1n) is 9.01. The molecule has 3 rings (SSSR count). The lowest BCUT2D eigenvalue weighted by molar-refractivity contribution is -0.384. The van der Waals surface area contributed by atoms with Gasteiger partial charge in [0.1, 0.15) is 5.69 Å². The number of rotatable bonds is 5. The quantitative estimate of drug-likeness (QED) is 0.515. The van der Waals surface area contributed by atoms with Crippen LogP contribution in [0.3, 0.4) is 0 Å². The van der Waals surface area contributed by atoms with E-state index < -0.39 is 16.8 Å². The maximum atomic E-state index is 12.8. The van der Waals surface area contributed by atoms with Gasteiger partial charge in [-0.2, -0.15) is 4.73 Å². The number of aromatic nitrogens is 1. The van der Waals surface area contributed by atoms with Crippen LogP contribution >= 0.6 is 0 Å². The van der Waals surface area contributed by atoms with E-state index >= 15 is 0 Å². The Balaban J connectivity index is 2.02. The van der Waals surface area contributed by atoms with E-state index in [0.29, 0.717) is 16.6 Å². The summed E-state index contributed by atoms with van der Waals surface area (Å²) >= 11 is 0. The van der Waals surface area contributed by atoms with Crippen molar-refractivity contribution in [3.8, 4) is 0 Å². The van der Waals surface area contributed by atoms with Gasteiger partial charge in [0.2, 0.25) is 0 Å². The van der Waals surface area contributed by atoms with Crippen molar-refractivity contribution in [3.05, 3.63) is 70.4 Å². The topological polar surface area (TPSA) is 103 Å². The molecule has 1 N–H and O–H groups in total. The van der Waals surface area contributed by atoms with Crippen molar-refractivity contribution in [1.82, 2.24) is 4.73 Å². The molecular weight excluding hydrogens is 374 g/mol. The van der Waals surface area contributed by atoms with Crippen molar-refractivity contribution in [3.63, 3.8) is 0 Å². The van der Waals surface area contributed by atoms with E-state index in [1.165, 1.54) is 24.3 Å². The lowest BCUT2D eigenvalue weighted by atomic mass is 9.93. The molecule has 1 amide bonds. The minimum atomic E-state index is -0.522. The Hall–Kier alpha value is -3.68. The van der Waals surface area contributed by atoms with E-state index in [1.54, 1.807) is 24.3 Å². The Morgan fingerprint density at radius 1 is 1.10 bits per heavy atom. The second-order valence-corrected chi connectivity index (χ2v) is 7.85. The Kier molecular flexibility index (Phi) is 5.36. The molecule has 0 bridgehead atoms. The van der Waals surface area contributed by atoms with Gasteiger partial charge in [0.25, 0.3) is 11.6 Å². The summed E-state index contributed by atoms with van der Waals surface area (Å²) < 4.78 is 1.13. The Bertz CT molecular complexity index is 1080. The van der Waals surface area contributed by atoms with Gasteiger partial charge in [0.15, 0.2) is 0 Å². The van der Waals surface area contributed by atoms with E-state index in [9.17, 15) is 19.7 Å². The van der Waals surface area contributed by atoms with Gasteiger partial charge in [0.05, 0.1) is 16.9 Å². The first kappa shape index (κ1) is 20.1. The third-order valence-electron chi connectivity index (χ3n) is 4.08. The van der Waals surface area contributed by atoms with Crippen LogP contribution in [0.15, 0.2) is 54.6 Å². The van der Waals surface area contributed by atoms with Crippen LogP contribution in [0.2, 0.25) is 0 Å². The highest BCUT2D eigenvalue weighted by molar-refractivity contribution is 6.06. The number of nitro benzene ring substituents is 1. The van der Waals surface area contributed by atoms with Crippen LogP contribution in [0.5, 0.6) is 0 Å². The summed E-state index contributed by atoms with van der Waals surface area (Å²) in [4.78, 5) is 41.3. The van der Waals surface area contributed by atoms with Gasteiger partial charge < -0.3 is 10.2 Å². The van der Waals surface area contributed by atoms with E-state index in [4.69, 9.17) is 4.84 Å². The maximum absolute atomic E-state index is 12.8. The molecule has 8 nitrogen and oxygen atoms in total. The van der Waals surface area contributed by atoms with Crippen molar-refractivity contribution < 1.29 is 19.3 Å². The molecule has 0 radical (unpaired) electrons. The number of hydrogen-bond donors (Lipinski definition) is 1. The average molecular weight is 395 g/mol. The molecule has 1 aromatic heterocycles. The molecule has 150 valence electrons. The fourth-order valence-electron chi connectivity index (χ4n) is 2.83. The van der Waals surface area contributed by atoms with Crippen molar-refractivity contribution in [2.24, 2.45) is 5.41 Å². The zero-order valence-electron chi connectivity index (χ0n) is 16.3. The van der Waals surface area contributed by atoms with Crippen LogP contribution in [0.4, 0.5) is 11.4 Å². The zero-order chi connectivity index (χ0) is 21.2. The highest BCUT2D eigenvalue weighted by Gasteiger charge is 2.23. The molecule has 1 heterocycles. The number of benzene rings is 2. The summed E-state index contributed by atoms with van der Waals surface area (Å²) in [6, 6.07) is 14.4. The predicted octanol–water partition coefficient (Wildman–Crippen LogP) is 4.19. The molecule has 2 aromatic carbocycles. The molecule has 0 atom stereocenters. The monoisotopic (exact) mass is 395 g/mol. The molecule has 29 heavy (non-hydrogen) atoms. The minimum Gasteiger partial charge on any atom is -0.336 e. The van der Waals surface area contributed by atoms with Gasteiger partial charge in [-0.25, -0.2) is 4.79 Å². The zero-order valence-corrected chi connectivity index (χ0v) is 16.3. The van der Waals surface area contributed by atoms with Crippen molar-refractivity contribution in [1.29, 1.82) is 0 Å². The van der Waals surface area contributed by atoms with Crippen molar-refractivity contribution >= 4 is 34.2 Å². The smallest absolute Gasteiger partial charge is 0.333 e. The normalized spacial score (nSPS) is 11.3. The number of carbonyl (C=O) groups excluding carboxylic acids is 2. The van der Waals surface area contributed by atoms with Crippen LogP contribution in [0, 0.1) is 15.5 Å². The lowest BCUT2D eigenvalue weighted by Gasteiger charge is -2.17. The van der Waals surface area contributed by atoms with Gasteiger partial charge >= 0.3 is 5.97 Å². The number of para-hydroxylation sites is 1. The minimum absolute atomic E-state index is 0.0617. The number of carbonyl (C=O) groups is 2. The molecule has 0 aliphatic rings. The summed E-state index contributed by atoms with van der Waals surface area (Å²) in [5.41, 5.74) is 0.598. The highest BCUT2D eigenvalue weighted by Crippen LogP contribution is 2.26. The van der Waals surface area contributed by atoms with E-state index in [0.717, 1.165) is 4.73 Å². The second-order valence-electron chi connectivity index (χ2n) is 7.85. The van der Waals surface area contributed by atoms with E-state index in [-0.39, 0.29) is 23.2 Å². The maximum Gasteiger partial charge on any atom is 0.333 e. The molecule has 3 aromatic rings. The fraction of sp³-hybridized carbons (Fsp3) is 0.238. The summed E-state index contributed by atoms with van der Waals surface area (Å²) in [5, 5.41) is 14.2. The van der Waals surface area contributed by atoms with Crippen LogP contribution < -0.4 is 10.2 Å². The molecule has 0 fully saturated rings. The van der Waals surface area contributed by atoms with Crippen LogP contribution in [-0.2, 0) is 4.79 Å². The number of nitrogens with zero attached hydrogens (tertiary/aromatic N) is 2. The third kappa shape index (κ3) is 4.78. The lowest BCUT2D eigenvalue weighted by Crippen LogP contribution is -2.28. The number of nitro groups is 1.